The van der Waals surface area contributed by atoms with E-state index in [9.17, 15) is 15.0 Å². The smallest absolute Gasteiger partial charge is 0.133 e. The van der Waals surface area contributed by atoms with Crippen molar-refractivity contribution in [2.24, 2.45) is 52.3 Å². The van der Waals surface area contributed by atoms with E-state index >= 15 is 0 Å². The number of fused-ring (bicyclic) bond motifs is 5. The molecule has 9 unspecified atom stereocenters. The van der Waals surface area contributed by atoms with Crippen LogP contribution in [0, 0.1) is 52.3 Å². The van der Waals surface area contributed by atoms with E-state index in [1.165, 1.54) is 25.7 Å². The summed E-state index contributed by atoms with van der Waals surface area (Å²) < 4.78 is 0. The molecule has 0 bridgehead atoms. The van der Waals surface area contributed by atoms with Crippen LogP contribution in [-0.4, -0.2) is 28.2 Å². The van der Waals surface area contributed by atoms with Crippen LogP contribution in [-0.2, 0) is 4.79 Å². The van der Waals surface area contributed by atoms with E-state index in [4.69, 9.17) is 0 Å². The molecule has 3 nitrogen and oxygen atoms in total. The second-order valence-electron chi connectivity index (χ2n) is 12.6. The Kier molecular flexibility index (Phi) is 6.21. The second kappa shape index (κ2) is 8.18. The lowest BCUT2D eigenvalue weighted by atomic mass is 9.43. The fraction of sp³-hybridized carbons (Fsp3) is 0.963. The monoisotopic (exact) mass is 418 g/mol. The minimum Gasteiger partial charge on any atom is -0.393 e. The number of aliphatic hydroxyl groups excluding tert-OH is 2. The van der Waals surface area contributed by atoms with Crippen molar-refractivity contribution in [3.63, 3.8) is 0 Å². The second-order valence-corrected chi connectivity index (χ2v) is 12.6. The lowest BCUT2D eigenvalue weighted by Gasteiger charge is -2.63. The molecule has 10 atom stereocenters. The zero-order valence-electron chi connectivity index (χ0n) is 20.1. The summed E-state index contributed by atoms with van der Waals surface area (Å²) in [6.07, 6.45) is 9.54. The molecule has 0 aliphatic heterocycles. The molecule has 4 saturated carbocycles. The SMILES string of the molecule is CC(C)CCCC(C)C1CCC2C3C(O)CC4CC(=O)CCC4(C)C3C[C@H](O)C12C. The molecule has 30 heavy (non-hydrogen) atoms. The summed E-state index contributed by atoms with van der Waals surface area (Å²) in [7, 11) is 0. The third-order valence-electron chi connectivity index (χ3n) is 10.8. The van der Waals surface area contributed by atoms with Gasteiger partial charge in [-0.1, -0.05) is 53.9 Å². The number of aliphatic hydroxyl groups is 2. The Balaban J connectivity index is 1.56. The van der Waals surface area contributed by atoms with Crippen LogP contribution in [0.4, 0.5) is 0 Å². The van der Waals surface area contributed by atoms with Crippen molar-refractivity contribution in [1.82, 2.24) is 0 Å². The molecule has 0 spiro atoms. The fourth-order valence-electron chi connectivity index (χ4n) is 8.99. The molecule has 2 N–H and O–H groups in total. The Morgan fingerprint density at radius 3 is 2.47 bits per heavy atom. The minimum absolute atomic E-state index is 0.0624. The first-order valence-corrected chi connectivity index (χ1v) is 13.0. The average Bonchev–Trinajstić information content (AvgIpc) is 3.02. The number of carbonyl (C=O) groups is 1. The molecular weight excluding hydrogens is 372 g/mol. The number of ketones is 1. The van der Waals surface area contributed by atoms with Crippen LogP contribution < -0.4 is 0 Å². The van der Waals surface area contributed by atoms with E-state index in [0.29, 0.717) is 54.1 Å². The van der Waals surface area contributed by atoms with Gasteiger partial charge in [-0.2, -0.15) is 0 Å². The average molecular weight is 419 g/mol. The molecule has 4 rings (SSSR count). The Labute approximate surface area is 184 Å². The Hall–Kier alpha value is -0.410. The van der Waals surface area contributed by atoms with Crippen LogP contribution in [0.2, 0.25) is 0 Å². The number of rotatable bonds is 5. The van der Waals surface area contributed by atoms with Crippen molar-refractivity contribution in [1.29, 1.82) is 0 Å². The highest BCUT2D eigenvalue weighted by Crippen LogP contribution is 2.68. The van der Waals surface area contributed by atoms with Crippen LogP contribution in [0.5, 0.6) is 0 Å². The number of hydrogen-bond donors (Lipinski definition) is 2. The van der Waals surface area contributed by atoms with Gasteiger partial charge in [-0.15, -0.1) is 0 Å². The van der Waals surface area contributed by atoms with E-state index in [1.807, 2.05) is 0 Å². The van der Waals surface area contributed by atoms with Gasteiger partial charge >= 0.3 is 0 Å². The van der Waals surface area contributed by atoms with Crippen molar-refractivity contribution < 1.29 is 15.0 Å². The minimum atomic E-state index is -0.300. The molecule has 4 aliphatic rings. The van der Waals surface area contributed by atoms with Gasteiger partial charge in [0.15, 0.2) is 0 Å². The highest BCUT2D eigenvalue weighted by atomic mass is 16.3. The van der Waals surface area contributed by atoms with Gasteiger partial charge in [-0.25, -0.2) is 0 Å². The van der Waals surface area contributed by atoms with Gasteiger partial charge in [0.05, 0.1) is 12.2 Å². The first-order chi connectivity index (χ1) is 14.1. The highest BCUT2D eigenvalue weighted by molar-refractivity contribution is 5.79. The highest BCUT2D eigenvalue weighted by Gasteiger charge is 2.65. The first kappa shape index (κ1) is 22.8. The topological polar surface area (TPSA) is 57.5 Å². The van der Waals surface area contributed by atoms with E-state index in [1.54, 1.807) is 0 Å². The molecule has 0 aromatic heterocycles. The summed E-state index contributed by atoms with van der Waals surface area (Å²) in [5, 5.41) is 22.9. The Morgan fingerprint density at radius 1 is 1.03 bits per heavy atom. The number of carbonyl (C=O) groups excluding carboxylic acids is 1. The molecular formula is C27H46O3. The zero-order chi connectivity index (χ0) is 21.8. The third kappa shape index (κ3) is 3.51. The third-order valence-corrected chi connectivity index (χ3v) is 10.8. The molecule has 0 radical (unpaired) electrons. The first-order valence-electron chi connectivity index (χ1n) is 13.0. The molecule has 0 saturated heterocycles. The fourth-order valence-corrected chi connectivity index (χ4v) is 8.99. The van der Waals surface area contributed by atoms with Crippen molar-refractivity contribution in [3.05, 3.63) is 0 Å². The lowest BCUT2D eigenvalue weighted by molar-refractivity contribution is -0.201. The molecule has 4 aliphatic carbocycles. The summed E-state index contributed by atoms with van der Waals surface area (Å²) in [4.78, 5) is 12.1. The summed E-state index contributed by atoms with van der Waals surface area (Å²) in [5.74, 6) is 3.74. The summed E-state index contributed by atoms with van der Waals surface area (Å²) in [6.45, 7) is 11.8. The van der Waals surface area contributed by atoms with E-state index in [0.717, 1.165) is 31.6 Å². The van der Waals surface area contributed by atoms with Crippen LogP contribution in [0.15, 0.2) is 0 Å². The molecule has 172 valence electrons. The summed E-state index contributed by atoms with van der Waals surface area (Å²) in [5.41, 5.74) is 0.0498. The van der Waals surface area contributed by atoms with Crippen molar-refractivity contribution in [3.8, 4) is 0 Å². The normalized spacial score (nSPS) is 49.5. The van der Waals surface area contributed by atoms with Crippen LogP contribution >= 0.6 is 0 Å². The molecule has 0 aromatic rings. The maximum Gasteiger partial charge on any atom is 0.133 e. The maximum absolute atomic E-state index is 12.1. The van der Waals surface area contributed by atoms with Gasteiger partial charge in [-0.05, 0) is 84.4 Å². The zero-order valence-corrected chi connectivity index (χ0v) is 20.1. The van der Waals surface area contributed by atoms with E-state index in [2.05, 4.69) is 34.6 Å². The van der Waals surface area contributed by atoms with Crippen LogP contribution in [0.3, 0.4) is 0 Å². The maximum atomic E-state index is 12.1. The van der Waals surface area contributed by atoms with E-state index in [-0.39, 0.29) is 23.0 Å². The summed E-state index contributed by atoms with van der Waals surface area (Å²) in [6, 6.07) is 0. The van der Waals surface area contributed by atoms with Gasteiger partial charge < -0.3 is 10.2 Å². The van der Waals surface area contributed by atoms with Crippen molar-refractivity contribution >= 4 is 5.78 Å². The van der Waals surface area contributed by atoms with Gasteiger partial charge in [0.1, 0.15) is 5.78 Å². The van der Waals surface area contributed by atoms with Gasteiger partial charge in [0, 0.05) is 12.8 Å². The van der Waals surface area contributed by atoms with Crippen LogP contribution in [0.1, 0.15) is 98.8 Å². The largest absolute Gasteiger partial charge is 0.393 e. The lowest BCUT2D eigenvalue weighted by Crippen LogP contribution is -2.62. The predicted octanol–water partition coefficient (Wildman–Crippen LogP) is 5.62. The van der Waals surface area contributed by atoms with Gasteiger partial charge in [0.25, 0.3) is 0 Å². The quantitative estimate of drug-likeness (QED) is 0.609. The molecule has 3 heteroatoms. The Bertz CT molecular complexity index is 644. The molecule has 0 aromatic carbocycles. The Morgan fingerprint density at radius 2 is 1.77 bits per heavy atom. The number of hydrogen-bond acceptors (Lipinski definition) is 3. The van der Waals surface area contributed by atoms with Crippen LogP contribution in [0.25, 0.3) is 0 Å². The van der Waals surface area contributed by atoms with Crippen molar-refractivity contribution in [2.75, 3.05) is 0 Å². The van der Waals surface area contributed by atoms with Crippen molar-refractivity contribution in [2.45, 2.75) is 111 Å². The number of Topliss-reactive ketones (excluding diaryl/α,β-unsaturated/α-hetero) is 1. The molecule has 0 amide bonds. The molecule has 4 fully saturated rings. The van der Waals surface area contributed by atoms with E-state index < -0.39 is 0 Å². The van der Waals surface area contributed by atoms with Gasteiger partial charge in [0.2, 0.25) is 0 Å². The van der Waals surface area contributed by atoms with Gasteiger partial charge in [-0.3, -0.25) is 4.79 Å². The predicted molar refractivity (Wildman–Crippen MR) is 121 cm³/mol. The standard InChI is InChI=1S/C27H46O3/c1-16(2)7-6-8-17(3)20-9-10-21-25-22(15-24(30)27(20,21)5)26(4)12-11-19(28)13-18(26)14-23(25)29/h16-18,20-25,29-30H,6-15H2,1-5H3/t17?,18?,20?,21?,22?,23?,24-,25?,26?,27?/m0/s1. The molecule has 0 heterocycles. The summed E-state index contributed by atoms with van der Waals surface area (Å²) >= 11 is 0.